The van der Waals surface area contributed by atoms with Gasteiger partial charge in [0, 0.05) is 16.7 Å². The largest absolute Gasteiger partial charge is 0.472 e. The summed E-state index contributed by atoms with van der Waals surface area (Å²) in [5.41, 5.74) is 4.06. The van der Waals surface area contributed by atoms with Gasteiger partial charge in [0.1, 0.15) is 6.26 Å². The summed E-state index contributed by atoms with van der Waals surface area (Å²) in [6.07, 6.45) is 3.29. The second kappa shape index (κ2) is 6.29. The molecule has 5 rings (SSSR count). The molecule has 1 aliphatic rings. The van der Waals surface area contributed by atoms with Gasteiger partial charge in [0.25, 0.3) is 0 Å². The molecule has 0 spiro atoms. The van der Waals surface area contributed by atoms with Gasteiger partial charge in [0.15, 0.2) is 5.60 Å². The van der Waals surface area contributed by atoms with Crippen molar-refractivity contribution in [3.8, 4) is 0 Å². The van der Waals surface area contributed by atoms with Gasteiger partial charge in [0.05, 0.1) is 17.5 Å². The van der Waals surface area contributed by atoms with Gasteiger partial charge in [0.2, 0.25) is 5.90 Å². The minimum Gasteiger partial charge on any atom is -0.472 e. The lowest BCUT2D eigenvalue weighted by molar-refractivity contribution is 0.137. The zero-order valence-corrected chi connectivity index (χ0v) is 14.6. The van der Waals surface area contributed by atoms with Crippen LogP contribution in [0.2, 0.25) is 0 Å². The van der Waals surface area contributed by atoms with Crippen molar-refractivity contribution in [3.05, 3.63) is 126 Å². The molecule has 0 amide bonds. The van der Waals surface area contributed by atoms with Crippen LogP contribution >= 0.6 is 0 Å². The van der Waals surface area contributed by atoms with Gasteiger partial charge in [-0.15, -0.1) is 0 Å². The van der Waals surface area contributed by atoms with E-state index in [1.165, 1.54) is 0 Å². The Bertz CT molecular complexity index is 1040. The van der Waals surface area contributed by atoms with Crippen LogP contribution in [-0.4, -0.2) is 5.90 Å². The van der Waals surface area contributed by atoms with Gasteiger partial charge < -0.3 is 9.15 Å². The summed E-state index contributed by atoms with van der Waals surface area (Å²) in [6, 6.07) is 30.6. The molecule has 0 aliphatic carbocycles. The molecule has 3 nitrogen and oxygen atoms in total. The predicted molar refractivity (Wildman–Crippen MR) is 105 cm³/mol. The fourth-order valence-electron chi connectivity index (χ4n) is 3.65. The number of rotatable bonds is 3. The van der Waals surface area contributed by atoms with Gasteiger partial charge in [-0.05, 0) is 12.1 Å². The highest BCUT2D eigenvalue weighted by Gasteiger charge is 2.44. The zero-order chi connectivity index (χ0) is 18.1. The van der Waals surface area contributed by atoms with E-state index in [4.69, 9.17) is 14.1 Å². The Kier molecular flexibility index (Phi) is 3.65. The van der Waals surface area contributed by atoms with Crippen LogP contribution in [0.5, 0.6) is 0 Å². The minimum atomic E-state index is -0.784. The van der Waals surface area contributed by atoms with Crippen LogP contribution in [-0.2, 0) is 10.3 Å². The van der Waals surface area contributed by atoms with E-state index in [9.17, 15) is 0 Å². The quantitative estimate of drug-likeness (QED) is 0.476. The molecule has 2 heterocycles. The SMILES string of the molecule is c1ccc(C2(c3ccccc3)OC(c3ccoc3)=Nc3ccccc32)cc1. The third-order valence-corrected chi connectivity index (χ3v) is 4.88. The van der Waals surface area contributed by atoms with E-state index in [1.54, 1.807) is 12.5 Å². The molecular weight excluding hydrogens is 334 g/mol. The zero-order valence-electron chi connectivity index (χ0n) is 14.6. The molecule has 0 radical (unpaired) electrons. The standard InChI is InChI=1S/C24H17NO2/c1-3-9-19(10-4-1)24(20-11-5-2-6-12-20)21-13-7-8-14-22(21)25-23(27-24)18-15-16-26-17-18/h1-17H. The van der Waals surface area contributed by atoms with Crippen LogP contribution in [0.15, 0.2) is 113 Å². The first kappa shape index (κ1) is 15.6. The van der Waals surface area contributed by atoms with E-state index in [0.717, 1.165) is 27.9 Å². The number of fused-ring (bicyclic) bond motifs is 1. The molecule has 0 atom stereocenters. The van der Waals surface area contributed by atoms with Gasteiger partial charge in [-0.1, -0.05) is 78.9 Å². The van der Waals surface area contributed by atoms with Crippen molar-refractivity contribution in [1.29, 1.82) is 0 Å². The fraction of sp³-hybridized carbons (Fsp3) is 0.0417. The highest BCUT2D eigenvalue weighted by atomic mass is 16.5. The molecule has 0 bridgehead atoms. The van der Waals surface area contributed by atoms with Crippen LogP contribution in [0.3, 0.4) is 0 Å². The average molecular weight is 351 g/mol. The number of ether oxygens (including phenoxy) is 1. The third-order valence-electron chi connectivity index (χ3n) is 4.88. The van der Waals surface area contributed by atoms with Crippen LogP contribution in [0, 0.1) is 0 Å². The highest BCUT2D eigenvalue weighted by Crippen LogP contribution is 2.47. The van der Waals surface area contributed by atoms with Crippen LogP contribution < -0.4 is 0 Å². The van der Waals surface area contributed by atoms with Crippen molar-refractivity contribution < 1.29 is 9.15 Å². The summed E-state index contributed by atoms with van der Waals surface area (Å²) >= 11 is 0. The van der Waals surface area contributed by atoms with E-state index in [1.807, 2.05) is 60.7 Å². The molecule has 4 aromatic rings. The summed E-state index contributed by atoms with van der Waals surface area (Å²) in [4.78, 5) is 4.77. The fourth-order valence-corrected chi connectivity index (χ4v) is 3.65. The molecule has 3 aromatic carbocycles. The maximum atomic E-state index is 6.71. The Labute approximate surface area is 157 Å². The molecule has 0 saturated heterocycles. The number of furan rings is 1. The molecule has 1 aliphatic heterocycles. The molecular formula is C24H17NO2. The van der Waals surface area contributed by atoms with E-state index < -0.39 is 5.60 Å². The normalized spacial score (nSPS) is 14.7. The molecule has 0 fully saturated rings. The first-order valence-corrected chi connectivity index (χ1v) is 8.89. The highest BCUT2D eigenvalue weighted by molar-refractivity contribution is 5.98. The average Bonchev–Trinajstić information content (AvgIpc) is 3.29. The number of aliphatic imine (C=N–C) groups is 1. The Morgan fingerprint density at radius 1 is 0.667 bits per heavy atom. The Balaban J connectivity index is 1.84. The number of hydrogen-bond donors (Lipinski definition) is 0. The van der Waals surface area contributed by atoms with Crippen molar-refractivity contribution in [2.75, 3.05) is 0 Å². The first-order chi connectivity index (χ1) is 13.4. The molecule has 3 heteroatoms. The smallest absolute Gasteiger partial charge is 0.226 e. The lowest BCUT2D eigenvalue weighted by atomic mass is 9.78. The van der Waals surface area contributed by atoms with Gasteiger partial charge in [-0.25, -0.2) is 4.99 Å². The predicted octanol–water partition coefficient (Wildman–Crippen LogP) is 5.68. The van der Waals surface area contributed by atoms with E-state index in [0.29, 0.717) is 5.90 Å². The lowest BCUT2D eigenvalue weighted by Crippen LogP contribution is -2.37. The van der Waals surface area contributed by atoms with Crippen LogP contribution in [0.1, 0.15) is 22.3 Å². The summed E-state index contributed by atoms with van der Waals surface area (Å²) in [5.74, 6) is 0.551. The summed E-state index contributed by atoms with van der Waals surface area (Å²) in [7, 11) is 0. The number of nitrogens with zero attached hydrogens (tertiary/aromatic N) is 1. The van der Waals surface area contributed by atoms with Crippen molar-refractivity contribution in [2.45, 2.75) is 5.60 Å². The molecule has 0 saturated carbocycles. The van der Waals surface area contributed by atoms with E-state index in [2.05, 4.69) is 30.3 Å². The molecule has 27 heavy (non-hydrogen) atoms. The number of benzene rings is 3. The molecule has 1 aromatic heterocycles. The van der Waals surface area contributed by atoms with Gasteiger partial charge in [-0.2, -0.15) is 0 Å². The van der Waals surface area contributed by atoms with Crippen molar-refractivity contribution in [3.63, 3.8) is 0 Å². The topological polar surface area (TPSA) is 34.7 Å². The molecule has 0 unspecified atom stereocenters. The maximum absolute atomic E-state index is 6.71. The summed E-state index contributed by atoms with van der Waals surface area (Å²) < 4.78 is 12.0. The van der Waals surface area contributed by atoms with E-state index >= 15 is 0 Å². The molecule has 0 N–H and O–H groups in total. The summed E-state index contributed by atoms with van der Waals surface area (Å²) in [6.45, 7) is 0. The number of para-hydroxylation sites is 1. The van der Waals surface area contributed by atoms with Crippen LogP contribution in [0.25, 0.3) is 0 Å². The second-order valence-corrected chi connectivity index (χ2v) is 6.46. The lowest BCUT2D eigenvalue weighted by Gasteiger charge is -2.39. The first-order valence-electron chi connectivity index (χ1n) is 8.89. The van der Waals surface area contributed by atoms with E-state index in [-0.39, 0.29) is 0 Å². The maximum Gasteiger partial charge on any atom is 0.226 e. The minimum absolute atomic E-state index is 0.551. The Morgan fingerprint density at radius 3 is 1.93 bits per heavy atom. The van der Waals surface area contributed by atoms with Gasteiger partial charge >= 0.3 is 0 Å². The third kappa shape index (κ3) is 2.48. The second-order valence-electron chi connectivity index (χ2n) is 6.46. The number of hydrogen-bond acceptors (Lipinski definition) is 3. The van der Waals surface area contributed by atoms with Crippen LogP contribution in [0.4, 0.5) is 5.69 Å². The Hall–Kier alpha value is -3.59. The van der Waals surface area contributed by atoms with Crippen molar-refractivity contribution in [1.82, 2.24) is 0 Å². The Morgan fingerprint density at radius 2 is 1.30 bits per heavy atom. The monoisotopic (exact) mass is 351 g/mol. The van der Waals surface area contributed by atoms with Crippen molar-refractivity contribution >= 4 is 11.6 Å². The molecule has 130 valence electrons. The summed E-state index contributed by atoms with van der Waals surface area (Å²) in [5, 5.41) is 0. The van der Waals surface area contributed by atoms with Crippen molar-refractivity contribution in [2.24, 2.45) is 4.99 Å². The van der Waals surface area contributed by atoms with Gasteiger partial charge in [-0.3, -0.25) is 0 Å².